The van der Waals surface area contributed by atoms with Gasteiger partial charge in [-0.2, -0.15) is 10.2 Å². The van der Waals surface area contributed by atoms with Gasteiger partial charge in [0.25, 0.3) is 17.7 Å². The van der Waals surface area contributed by atoms with Gasteiger partial charge in [-0.15, -0.1) is 0 Å². The number of aryl methyl sites for hydroxylation is 3. The van der Waals surface area contributed by atoms with Gasteiger partial charge in [-0.3, -0.25) is 39.2 Å². The van der Waals surface area contributed by atoms with E-state index in [4.69, 9.17) is 30.6 Å². The average Bonchev–Trinajstić information content (AvgIpc) is 4.02. The number of carbonyl (C=O) groups is 4. The fourth-order valence-corrected chi connectivity index (χ4v) is 7.92. The second kappa shape index (κ2) is 16.5. The number of allylic oxidation sites excluding steroid dienone is 2. The van der Waals surface area contributed by atoms with Gasteiger partial charge >= 0.3 is 0 Å². The number of ether oxygens (including phenoxy) is 1. The van der Waals surface area contributed by atoms with Crippen molar-refractivity contribution in [3.8, 4) is 5.75 Å². The lowest BCUT2D eigenvalue weighted by Gasteiger charge is -2.13. The number of fused-ring (bicyclic) bond motifs is 4. The van der Waals surface area contributed by atoms with Gasteiger partial charge in [0, 0.05) is 50.2 Å². The summed E-state index contributed by atoms with van der Waals surface area (Å²) in [6.45, 7) is 7.08. The third-order valence-electron chi connectivity index (χ3n) is 11.3. The molecule has 4 amide bonds. The predicted octanol–water partition coefficient (Wildman–Crippen LogP) is 4.99. The summed E-state index contributed by atoms with van der Waals surface area (Å²) in [6, 6.07) is 9.90. The topological polar surface area (TPSA) is 258 Å². The number of carbonyl (C=O) groups excluding carboxylic acids is 4. The summed E-state index contributed by atoms with van der Waals surface area (Å²) in [5.41, 5.74) is 16.2. The lowest BCUT2D eigenvalue weighted by molar-refractivity contribution is 0.0992. The Morgan fingerprint density at radius 1 is 0.778 bits per heavy atom. The Hall–Kier alpha value is -7.28. The molecule has 326 valence electrons. The Balaban J connectivity index is 1.10. The standard InChI is InChI=1S/C44H48N12O7/c1-23-15-33(55(51-23)21-26-7-8-26)41(60)49-43-48-32-20-30(40(46)59)38-29(17-25(3)63-38)36(32)53(43)11-4-5-12-54-37-31(18-28(39(45)58)19-35(37)62-14-6-13-57)47-44(54)50-42(61)34-16-24(2)52-56(34)22-27-9-10-27/h4-5,15-20,26-27,57H,6-14,21-22H2,1-3H3,(H2,45,58)(H2,46,59)(H,47,50,61)(H,48,49,60)/b5-4+. The highest BCUT2D eigenvalue weighted by Gasteiger charge is 2.28. The van der Waals surface area contributed by atoms with E-state index >= 15 is 0 Å². The van der Waals surface area contributed by atoms with E-state index in [1.54, 1.807) is 45.1 Å². The van der Waals surface area contributed by atoms with Crippen LogP contribution in [-0.2, 0) is 26.2 Å². The molecular weight excluding hydrogens is 809 g/mol. The van der Waals surface area contributed by atoms with Gasteiger partial charge < -0.3 is 34.9 Å². The Morgan fingerprint density at radius 2 is 1.33 bits per heavy atom. The number of benzene rings is 2. The minimum Gasteiger partial charge on any atom is -0.491 e. The zero-order chi connectivity index (χ0) is 44.1. The summed E-state index contributed by atoms with van der Waals surface area (Å²) in [6.07, 6.45) is 8.40. The van der Waals surface area contributed by atoms with Gasteiger partial charge in [0.05, 0.1) is 40.1 Å². The number of nitrogens with zero attached hydrogens (tertiary/aromatic N) is 8. The number of primary amides is 2. The maximum absolute atomic E-state index is 14.0. The van der Waals surface area contributed by atoms with Crippen LogP contribution < -0.4 is 26.8 Å². The first kappa shape index (κ1) is 41.1. The first-order valence-corrected chi connectivity index (χ1v) is 21.0. The van der Waals surface area contributed by atoms with Crippen LogP contribution in [-0.4, -0.2) is 80.6 Å². The Morgan fingerprint density at radius 3 is 1.86 bits per heavy atom. The number of nitrogens with one attached hydrogen (secondary N) is 2. The highest BCUT2D eigenvalue weighted by molar-refractivity contribution is 6.14. The summed E-state index contributed by atoms with van der Waals surface area (Å²) in [4.78, 5) is 62.6. The Kier molecular flexibility index (Phi) is 10.8. The van der Waals surface area contributed by atoms with Crippen LogP contribution in [0.25, 0.3) is 33.0 Å². The molecule has 0 spiro atoms. The Labute approximate surface area is 360 Å². The van der Waals surface area contributed by atoms with Gasteiger partial charge in [0.15, 0.2) is 0 Å². The number of rotatable bonds is 18. The molecule has 19 nitrogen and oxygen atoms in total. The highest BCUT2D eigenvalue weighted by atomic mass is 16.5. The highest BCUT2D eigenvalue weighted by Crippen LogP contribution is 2.36. The van der Waals surface area contributed by atoms with Crippen LogP contribution in [0.3, 0.4) is 0 Å². The van der Waals surface area contributed by atoms with E-state index in [0.717, 1.165) is 25.7 Å². The van der Waals surface area contributed by atoms with Gasteiger partial charge in [-0.25, -0.2) is 9.97 Å². The fourth-order valence-electron chi connectivity index (χ4n) is 7.92. The molecule has 2 fully saturated rings. The molecule has 63 heavy (non-hydrogen) atoms. The van der Waals surface area contributed by atoms with Crippen LogP contribution in [0.1, 0.15) is 90.9 Å². The molecule has 0 radical (unpaired) electrons. The van der Waals surface area contributed by atoms with Crippen LogP contribution in [0.5, 0.6) is 5.75 Å². The SMILES string of the molecule is Cc1cc(C(=O)Nc2nc3cc(C(N)=O)cc(OCCCO)c3n2C/C=C/Cn2c(NC(=O)c3cc(C)nn3CC3CC3)nc3cc(C(N)=O)c4oc(C)cc4c32)n(CC2CC2)n1. The molecular formula is C44H48N12O7. The average molecular weight is 857 g/mol. The van der Waals surface area contributed by atoms with E-state index in [2.05, 4.69) is 20.8 Å². The smallest absolute Gasteiger partial charge is 0.276 e. The molecule has 0 atom stereocenters. The van der Waals surface area contributed by atoms with E-state index in [-0.39, 0.29) is 55.1 Å². The number of nitrogens with two attached hydrogens (primary N) is 2. The quantitative estimate of drug-likeness (QED) is 0.0567. The van der Waals surface area contributed by atoms with E-state index in [9.17, 15) is 24.3 Å². The maximum atomic E-state index is 14.0. The largest absolute Gasteiger partial charge is 0.491 e. The Bertz CT molecular complexity index is 2990. The molecule has 2 aromatic carbocycles. The predicted molar refractivity (Wildman–Crippen MR) is 233 cm³/mol. The number of aliphatic hydroxyl groups excluding tert-OH is 1. The molecule has 0 saturated heterocycles. The van der Waals surface area contributed by atoms with E-state index in [1.165, 1.54) is 12.1 Å². The number of imidazole rings is 2. The molecule has 0 aliphatic heterocycles. The number of furan rings is 1. The third kappa shape index (κ3) is 8.38. The number of aromatic nitrogens is 8. The summed E-state index contributed by atoms with van der Waals surface area (Å²) in [7, 11) is 0. The number of hydrogen-bond donors (Lipinski definition) is 5. The number of anilines is 2. The fraction of sp³-hybridized carbons (Fsp3) is 0.364. The zero-order valence-corrected chi connectivity index (χ0v) is 35.2. The summed E-state index contributed by atoms with van der Waals surface area (Å²) in [5.74, 6) is 0.00447. The van der Waals surface area contributed by atoms with E-state index in [1.807, 2.05) is 30.6 Å². The van der Waals surface area contributed by atoms with E-state index < -0.39 is 23.6 Å². The second-order valence-electron chi connectivity index (χ2n) is 16.5. The molecule has 19 heteroatoms. The molecule has 0 bridgehead atoms. The number of aliphatic hydroxyl groups is 1. The van der Waals surface area contributed by atoms with Gasteiger partial charge in [-0.05, 0) is 94.7 Å². The van der Waals surface area contributed by atoms with Crippen LogP contribution in [0.15, 0.2) is 53.0 Å². The lowest BCUT2D eigenvalue weighted by atomic mass is 10.1. The number of amides is 4. The van der Waals surface area contributed by atoms with Crippen molar-refractivity contribution in [2.75, 3.05) is 23.8 Å². The molecule has 9 rings (SSSR count). The molecule has 5 aromatic heterocycles. The molecule has 2 aliphatic rings. The summed E-state index contributed by atoms with van der Waals surface area (Å²) >= 11 is 0. The molecule has 0 unspecified atom stereocenters. The van der Waals surface area contributed by atoms with Crippen LogP contribution in [0, 0.1) is 32.6 Å². The van der Waals surface area contributed by atoms with Crippen molar-refractivity contribution >= 4 is 68.6 Å². The van der Waals surface area contributed by atoms with Crippen LogP contribution in [0.2, 0.25) is 0 Å². The van der Waals surface area contributed by atoms with Gasteiger partial charge in [0.1, 0.15) is 34.0 Å². The van der Waals surface area contributed by atoms with Gasteiger partial charge in [0.2, 0.25) is 17.8 Å². The van der Waals surface area contributed by atoms with Crippen molar-refractivity contribution < 1.29 is 33.4 Å². The molecule has 2 saturated carbocycles. The minimum atomic E-state index is -0.689. The summed E-state index contributed by atoms with van der Waals surface area (Å²) in [5, 5.41) is 25.2. The first-order chi connectivity index (χ1) is 30.3. The van der Waals surface area contributed by atoms with Crippen molar-refractivity contribution in [3.05, 3.63) is 88.2 Å². The maximum Gasteiger partial charge on any atom is 0.276 e. The molecule has 2 aliphatic carbocycles. The molecule has 7 N–H and O–H groups in total. The molecule has 5 heterocycles. The van der Waals surface area contributed by atoms with Crippen molar-refractivity contribution in [3.63, 3.8) is 0 Å². The van der Waals surface area contributed by atoms with Crippen LogP contribution >= 0.6 is 0 Å². The van der Waals surface area contributed by atoms with E-state index in [0.29, 0.717) is 92.9 Å². The van der Waals surface area contributed by atoms with Crippen molar-refractivity contribution in [2.45, 2.75) is 79.1 Å². The second-order valence-corrected chi connectivity index (χ2v) is 16.5. The monoisotopic (exact) mass is 856 g/mol. The first-order valence-electron chi connectivity index (χ1n) is 21.0. The normalized spacial score (nSPS) is 14.1. The van der Waals surface area contributed by atoms with Crippen molar-refractivity contribution in [1.82, 2.24) is 38.7 Å². The van der Waals surface area contributed by atoms with Gasteiger partial charge in [-0.1, -0.05) is 12.2 Å². The van der Waals surface area contributed by atoms with Crippen molar-refractivity contribution in [1.29, 1.82) is 0 Å². The molecule has 7 aromatic rings. The third-order valence-corrected chi connectivity index (χ3v) is 11.3. The van der Waals surface area contributed by atoms with Crippen LogP contribution in [0.4, 0.5) is 11.9 Å². The number of hydrogen-bond acceptors (Lipinski definition) is 11. The minimum absolute atomic E-state index is 0.112. The van der Waals surface area contributed by atoms with Crippen molar-refractivity contribution in [2.24, 2.45) is 23.3 Å². The lowest BCUT2D eigenvalue weighted by Crippen LogP contribution is -2.21. The zero-order valence-electron chi connectivity index (χ0n) is 35.2. The summed E-state index contributed by atoms with van der Waals surface area (Å²) < 4.78 is 19.1.